The van der Waals surface area contributed by atoms with Gasteiger partial charge in [0.15, 0.2) is 5.71 Å². The molecule has 0 amide bonds. The molecule has 0 aliphatic heterocycles. The molecule has 0 heterocycles. The fourth-order valence-corrected chi connectivity index (χ4v) is 2.11. The van der Waals surface area contributed by atoms with Gasteiger partial charge in [0, 0.05) is 11.5 Å². The Labute approximate surface area is 110 Å². The molecule has 0 atom stereocenters. The van der Waals surface area contributed by atoms with Crippen LogP contribution in [0.25, 0.3) is 0 Å². The summed E-state index contributed by atoms with van der Waals surface area (Å²) in [7, 11) is 0. The van der Waals surface area contributed by atoms with Gasteiger partial charge in [0.1, 0.15) is 0 Å². The number of esters is 1. The number of hydrogen-bond donors (Lipinski definition) is 1. The van der Waals surface area contributed by atoms with Crippen molar-refractivity contribution >= 4 is 11.7 Å². The van der Waals surface area contributed by atoms with Gasteiger partial charge in [-0.15, -0.1) is 0 Å². The molecule has 0 saturated heterocycles. The van der Waals surface area contributed by atoms with Gasteiger partial charge >= 0.3 is 5.97 Å². The zero-order valence-corrected chi connectivity index (χ0v) is 12.1. The molecule has 1 fully saturated rings. The molecule has 0 spiro atoms. The molecule has 0 unspecified atom stereocenters. The molecular formula is C14H26N2O2. The molecule has 0 aromatic carbocycles. The predicted molar refractivity (Wildman–Crippen MR) is 73.5 cm³/mol. The molecule has 1 rings (SSSR count). The molecule has 0 aromatic rings. The highest BCUT2D eigenvalue weighted by Gasteiger charge is 2.28. The Morgan fingerprint density at radius 3 is 2.39 bits per heavy atom. The third kappa shape index (κ3) is 4.67. The van der Waals surface area contributed by atoms with Crippen LogP contribution in [0.15, 0.2) is 5.10 Å². The number of hydrazone groups is 1. The quantitative estimate of drug-likeness (QED) is 0.477. The summed E-state index contributed by atoms with van der Waals surface area (Å²) in [4.78, 5) is 11.9. The van der Waals surface area contributed by atoms with Gasteiger partial charge in [-0.2, -0.15) is 5.10 Å². The van der Waals surface area contributed by atoms with Crippen molar-refractivity contribution in [3.63, 3.8) is 0 Å². The third-order valence-electron chi connectivity index (χ3n) is 3.14. The van der Waals surface area contributed by atoms with Crippen LogP contribution in [0.1, 0.15) is 59.8 Å². The zero-order valence-electron chi connectivity index (χ0n) is 12.1. The second-order valence-corrected chi connectivity index (χ2v) is 5.89. The monoisotopic (exact) mass is 254 g/mol. The first-order valence-corrected chi connectivity index (χ1v) is 6.96. The number of nitrogens with zero attached hydrogens (tertiary/aromatic N) is 1. The maximum absolute atomic E-state index is 11.9. The largest absolute Gasteiger partial charge is 0.461 e. The molecule has 18 heavy (non-hydrogen) atoms. The highest BCUT2D eigenvalue weighted by Crippen LogP contribution is 2.19. The summed E-state index contributed by atoms with van der Waals surface area (Å²) in [5.41, 5.74) is 3.34. The molecule has 4 nitrogen and oxygen atoms in total. The van der Waals surface area contributed by atoms with Crippen molar-refractivity contribution in [3.8, 4) is 0 Å². The van der Waals surface area contributed by atoms with Gasteiger partial charge in [0.25, 0.3) is 0 Å². The van der Waals surface area contributed by atoms with Crippen LogP contribution in [0.2, 0.25) is 0 Å². The Morgan fingerprint density at radius 2 is 1.89 bits per heavy atom. The topological polar surface area (TPSA) is 50.7 Å². The van der Waals surface area contributed by atoms with Crippen LogP contribution >= 0.6 is 0 Å². The van der Waals surface area contributed by atoms with Gasteiger partial charge in [0.05, 0.1) is 6.61 Å². The van der Waals surface area contributed by atoms with Gasteiger partial charge in [-0.1, -0.05) is 40.0 Å². The van der Waals surface area contributed by atoms with Gasteiger partial charge < -0.3 is 10.2 Å². The van der Waals surface area contributed by atoms with E-state index in [1.54, 1.807) is 0 Å². The standard InChI is InChI=1S/C14H26N2O2/c1-5-18-13(17)12(14(2,3)4)16-15-11-9-7-6-8-10-11/h11,15H,5-10H2,1-4H3. The molecule has 104 valence electrons. The lowest BCUT2D eigenvalue weighted by Gasteiger charge is -2.24. The second kappa shape index (κ2) is 6.76. The van der Waals surface area contributed by atoms with E-state index in [0.29, 0.717) is 18.4 Å². The Morgan fingerprint density at radius 1 is 1.28 bits per heavy atom. The van der Waals surface area contributed by atoms with E-state index in [1.165, 1.54) is 19.3 Å². The predicted octanol–water partition coefficient (Wildman–Crippen LogP) is 2.87. The normalized spacial score (nSPS) is 18.6. The van der Waals surface area contributed by atoms with Crippen LogP contribution in [0.5, 0.6) is 0 Å². The molecule has 0 aromatic heterocycles. The minimum atomic E-state index is -0.312. The highest BCUT2D eigenvalue weighted by molar-refractivity contribution is 6.38. The van der Waals surface area contributed by atoms with Crippen LogP contribution in [0, 0.1) is 5.41 Å². The Bertz CT molecular complexity index is 299. The van der Waals surface area contributed by atoms with Gasteiger partial charge in [-0.25, -0.2) is 4.79 Å². The first-order valence-electron chi connectivity index (χ1n) is 6.96. The number of rotatable bonds is 4. The van der Waals surface area contributed by atoms with Crippen LogP contribution in [-0.2, 0) is 9.53 Å². The summed E-state index contributed by atoms with van der Waals surface area (Å²) in [6.07, 6.45) is 6.09. The fraction of sp³-hybridized carbons (Fsp3) is 0.857. The number of carbonyl (C=O) groups is 1. The Balaban J connectivity index is 2.66. The second-order valence-electron chi connectivity index (χ2n) is 5.89. The fourth-order valence-electron chi connectivity index (χ4n) is 2.11. The number of carbonyl (C=O) groups excluding carboxylic acids is 1. The van der Waals surface area contributed by atoms with E-state index in [4.69, 9.17) is 4.74 Å². The minimum absolute atomic E-state index is 0.298. The Kier molecular flexibility index (Phi) is 5.63. The number of ether oxygens (including phenoxy) is 1. The van der Waals surface area contributed by atoms with Crippen molar-refractivity contribution in [2.24, 2.45) is 10.5 Å². The van der Waals surface area contributed by atoms with E-state index in [9.17, 15) is 4.79 Å². The van der Waals surface area contributed by atoms with Crippen molar-refractivity contribution in [2.75, 3.05) is 6.61 Å². The molecular weight excluding hydrogens is 228 g/mol. The SMILES string of the molecule is CCOC(=O)C(=NNC1CCCCC1)C(C)(C)C. The first kappa shape index (κ1) is 15.0. The maximum Gasteiger partial charge on any atom is 0.355 e. The highest BCUT2D eigenvalue weighted by atomic mass is 16.5. The van der Waals surface area contributed by atoms with E-state index in [0.717, 1.165) is 12.8 Å². The molecule has 1 N–H and O–H groups in total. The summed E-state index contributed by atoms with van der Waals surface area (Å²) in [5, 5.41) is 4.33. The maximum atomic E-state index is 11.9. The van der Waals surface area contributed by atoms with E-state index in [2.05, 4.69) is 10.5 Å². The summed E-state index contributed by atoms with van der Waals surface area (Å²) in [6, 6.07) is 0.408. The van der Waals surface area contributed by atoms with E-state index in [1.807, 2.05) is 27.7 Å². The van der Waals surface area contributed by atoms with Crippen molar-refractivity contribution in [3.05, 3.63) is 0 Å². The van der Waals surface area contributed by atoms with Crippen LogP contribution in [0.3, 0.4) is 0 Å². The third-order valence-corrected chi connectivity index (χ3v) is 3.14. The average molecular weight is 254 g/mol. The van der Waals surface area contributed by atoms with Gasteiger partial charge in [-0.3, -0.25) is 0 Å². The summed E-state index contributed by atoms with van der Waals surface area (Å²) in [5.74, 6) is -0.312. The number of hydrogen-bond acceptors (Lipinski definition) is 4. The average Bonchev–Trinajstić information content (AvgIpc) is 2.29. The lowest BCUT2D eigenvalue weighted by Crippen LogP contribution is -2.35. The van der Waals surface area contributed by atoms with Crippen molar-refractivity contribution in [1.82, 2.24) is 5.43 Å². The van der Waals surface area contributed by atoms with Crippen molar-refractivity contribution in [1.29, 1.82) is 0 Å². The molecule has 1 aliphatic rings. The number of nitrogens with one attached hydrogen (secondary N) is 1. The summed E-state index contributed by atoms with van der Waals surface area (Å²) >= 11 is 0. The van der Waals surface area contributed by atoms with E-state index < -0.39 is 0 Å². The Hall–Kier alpha value is -1.06. The molecule has 4 heteroatoms. The zero-order chi connectivity index (χ0) is 13.6. The van der Waals surface area contributed by atoms with Gasteiger partial charge in [-0.05, 0) is 19.8 Å². The van der Waals surface area contributed by atoms with Crippen molar-refractivity contribution < 1.29 is 9.53 Å². The van der Waals surface area contributed by atoms with Crippen LogP contribution < -0.4 is 5.43 Å². The van der Waals surface area contributed by atoms with Crippen LogP contribution in [-0.4, -0.2) is 24.3 Å². The lowest BCUT2D eigenvalue weighted by molar-refractivity contribution is -0.135. The summed E-state index contributed by atoms with van der Waals surface area (Å²) in [6.45, 7) is 8.13. The lowest BCUT2D eigenvalue weighted by atomic mass is 9.90. The first-order chi connectivity index (χ1) is 8.45. The summed E-state index contributed by atoms with van der Waals surface area (Å²) < 4.78 is 5.06. The molecule has 0 bridgehead atoms. The van der Waals surface area contributed by atoms with E-state index in [-0.39, 0.29) is 11.4 Å². The molecule has 1 saturated carbocycles. The minimum Gasteiger partial charge on any atom is -0.461 e. The molecule has 0 radical (unpaired) electrons. The van der Waals surface area contributed by atoms with Gasteiger partial charge in [0.2, 0.25) is 0 Å². The smallest absolute Gasteiger partial charge is 0.355 e. The van der Waals surface area contributed by atoms with Crippen molar-refractivity contribution in [2.45, 2.75) is 65.8 Å². The van der Waals surface area contributed by atoms with Crippen LogP contribution in [0.4, 0.5) is 0 Å². The molecule has 1 aliphatic carbocycles. The van der Waals surface area contributed by atoms with E-state index >= 15 is 0 Å².